The average molecular weight is 510 g/mol. The Balaban J connectivity index is 1.46. The van der Waals surface area contributed by atoms with Gasteiger partial charge in [0.05, 0.1) is 24.8 Å². The SMILES string of the molecule is CO[C@@]1(C(=O)Nc2ccc3[nH]nc(-c4ccc(OC(C)C)nc4)c3c2)CCN(CC(=O)OCC(C)C)C1. The van der Waals surface area contributed by atoms with Crippen molar-refractivity contribution in [3.05, 3.63) is 36.5 Å². The highest BCUT2D eigenvalue weighted by Gasteiger charge is 2.45. The summed E-state index contributed by atoms with van der Waals surface area (Å²) in [6.07, 6.45) is 2.23. The van der Waals surface area contributed by atoms with Gasteiger partial charge < -0.3 is 19.5 Å². The lowest BCUT2D eigenvalue weighted by Crippen LogP contribution is -2.47. The van der Waals surface area contributed by atoms with Gasteiger partial charge in [0.25, 0.3) is 5.91 Å². The number of esters is 1. The Morgan fingerprint density at radius 3 is 2.68 bits per heavy atom. The van der Waals surface area contributed by atoms with E-state index in [2.05, 4.69) is 20.5 Å². The highest BCUT2D eigenvalue weighted by atomic mass is 16.5. The Labute approximate surface area is 216 Å². The molecule has 0 aliphatic carbocycles. The Bertz CT molecular complexity index is 1240. The van der Waals surface area contributed by atoms with E-state index in [-0.39, 0.29) is 30.4 Å². The first-order chi connectivity index (χ1) is 17.7. The molecule has 10 nitrogen and oxygen atoms in total. The summed E-state index contributed by atoms with van der Waals surface area (Å²) in [6.45, 7) is 9.26. The number of amides is 1. The van der Waals surface area contributed by atoms with E-state index >= 15 is 0 Å². The maximum atomic E-state index is 13.3. The van der Waals surface area contributed by atoms with Crippen LogP contribution in [0.4, 0.5) is 5.69 Å². The molecule has 2 aromatic heterocycles. The van der Waals surface area contributed by atoms with Crippen LogP contribution < -0.4 is 10.1 Å². The third-order valence-electron chi connectivity index (χ3n) is 6.23. The van der Waals surface area contributed by atoms with Gasteiger partial charge in [-0.15, -0.1) is 0 Å². The lowest BCUT2D eigenvalue weighted by molar-refractivity contribution is -0.147. The second-order valence-corrected chi connectivity index (χ2v) is 10.1. The molecule has 3 heterocycles. The number of aromatic amines is 1. The van der Waals surface area contributed by atoms with E-state index in [9.17, 15) is 9.59 Å². The number of likely N-dealkylation sites (tertiary alicyclic amines) is 1. The number of ether oxygens (including phenoxy) is 3. The van der Waals surface area contributed by atoms with Gasteiger partial charge in [0.2, 0.25) is 5.88 Å². The van der Waals surface area contributed by atoms with E-state index in [4.69, 9.17) is 14.2 Å². The summed E-state index contributed by atoms with van der Waals surface area (Å²) in [6, 6.07) is 9.29. The fraction of sp³-hybridized carbons (Fsp3) is 0.481. The number of fused-ring (bicyclic) bond motifs is 1. The molecule has 0 unspecified atom stereocenters. The molecule has 10 heteroatoms. The zero-order valence-electron chi connectivity index (χ0n) is 22.0. The Hall–Kier alpha value is -3.50. The Kier molecular flexibility index (Phi) is 8.09. The number of carbonyl (C=O) groups is 2. The lowest BCUT2D eigenvalue weighted by atomic mass is 10.0. The van der Waals surface area contributed by atoms with E-state index in [1.54, 1.807) is 6.20 Å². The molecule has 198 valence electrons. The van der Waals surface area contributed by atoms with Gasteiger partial charge in [-0.3, -0.25) is 19.6 Å². The fourth-order valence-corrected chi connectivity index (χ4v) is 4.31. The van der Waals surface area contributed by atoms with Crippen LogP contribution in [0.2, 0.25) is 0 Å². The van der Waals surface area contributed by atoms with Crippen LogP contribution >= 0.6 is 0 Å². The van der Waals surface area contributed by atoms with Crippen LogP contribution in [0, 0.1) is 5.92 Å². The molecular formula is C27H35N5O5. The second-order valence-electron chi connectivity index (χ2n) is 10.1. The molecule has 0 saturated carbocycles. The number of nitrogens with zero attached hydrogens (tertiary/aromatic N) is 3. The minimum Gasteiger partial charge on any atom is -0.475 e. The number of H-pyrrole nitrogens is 1. The van der Waals surface area contributed by atoms with Gasteiger partial charge in [0.1, 0.15) is 5.69 Å². The van der Waals surface area contributed by atoms with Gasteiger partial charge in [-0.05, 0) is 50.5 Å². The average Bonchev–Trinajstić information content (AvgIpc) is 3.47. The normalized spacial score (nSPS) is 18.0. The van der Waals surface area contributed by atoms with Crippen LogP contribution in [0.1, 0.15) is 34.1 Å². The smallest absolute Gasteiger partial charge is 0.320 e. The standard InChI is InChI=1S/C27H35N5O5/c1-17(2)15-36-24(33)14-32-11-10-27(16-32,35-5)26(34)29-20-7-8-22-21(12-20)25(31-30-22)19-6-9-23(28-13-19)37-18(3)4/h6-9,12-13,17-18H,10-11,14-16H2,1-5H3,(H,29,34)(H,30,31)/t27-/m0/s1. The van der Waals surface area contributed by atoms with Gasteiger partial charge >= 0.3 is 5.97 Å². The van der Waals surface area contributed by atoms with Crippen molar-refractivity contribution in [3.8, 4) is 17.1 Å². The summed E-state index contributed by atoms with van der Waals surface area (Å²) < 4.78 is 16.6. The molecule has 0 bridgehead atoms. The van der Waals surface area contributed by atoms with Crippen LogP contribution in [-0.4, -0.2) is 77.0 Å². The minimum atomic E-state index is -1.05. The number of methoxy groups -OCH3 is 1. The van der Waals surface area contributed by atoms with Crippen molar-refractivity contribution in [3.63, 3.8) is 0 Å². The third-order valence-corrected chi connectivity index (χ3v) is 6.23. The van der Waals surface area contributed by atoms with E-state index in [1.165, 1.54) is 7.11 Å². The monoisotopic (exact) mass is 509 g/mol. The minimum absolute atomic E-state index is 0.0387. The van der Waals surface area contributed by atoms with Crippen LogP contribution in [0.15, 0.2) is 36.5 Å². The van der Waals surface area contributed by atoms with E-state index in [1.807, 2.05) is 62.9 Å². The molecule has 0 radical (unpaired) electrons. The number of carbonyl (C=O) groups excluding carboxylic acids is 2. The second kappa shape index (κ2) is 11.3. The molecule has 1 fully saturated rings. The maximum absolute atomic E-state index is 13.3. The summed E-state index contributed by atoms with van der Waals surface area (Å²) >= 11 is 0. The van der Waals surface area contributed by atoms with E-state index < -0.39 is 5.60 Å². The van der Waals surface area contributed by atoms with Crippen molar-refractivity contribution >= 4 is 28.5 Å². The summed E-state index contributed by atoms with van der Waals surface area (Å²) in [5.41, 5.74) is 1.96. The van der Waals surface area contributed by atoms with Crippen molar-refractivity contribution in [2.24, 2.45) is 5.92 Å². The van der Waals surface area contributed by atoms with E-state index in [0.29, 0.717) is 37.7 Å². The van der Waals surface area contributed by atoms with Crippen molar-refractivity contribution in [2.75, 3.05) is 38.7 Å². The first-order valence-corrected chi connectivity index (χ1v) is 12.5. The molecule has 0 spiro atoms. The molecule has 2 N–H and O–H groups in total. The molecular weight excluding hydrogens is 474 g/mol. The summed E-state index contributed by atoms with van der Waals surface area (Å²) in [5, 5.41) is 11.3. The Morgan fingerprint density at radius 2 is 2.00 bits per heavy atom. The first kappa shape index (κ1) is 26.6. The lowest BCUT2D eigenvalue weighted by Gasteiger charge is -2.26. The number of rotatable bonds is 10. The zero-order valence-corrected chi connectivity index (χ0v) is 22.0. The molecule has 1 aromatic carbocycles. The molecule has 37 heavy (non-hydrogen) atoms. The highest BCUT2D eigenvalue weighted by molar-refractivity contribution is 6.01. The van der Waals surface area contributed by atoms with Gasteiger partial charge in [-0.2, -0.15) is 5.10 Å². The fourth-order valence-electron chi connectivity index (χ4n) is 4.31. The highest BCUT2D eigenvalue weighted by Crippen LogP contribution is 2.31. The topological polar surface area (TPSA) is 119 Å². The van der Waals surface area contributed by atoms with Crippen molar-refractivity contribution in [1.29, 1.82) is 0 Å². The molecule has 1 saturated heterocycles. The van der Waals surface area contributed by atoms with Gasteiger partial charge in [0, 0.05) is 49.1 Å². The first-order valence-electron chi connectivity index (χ1n) is 12.5. The molecule has 1 aliphatic rings. The number of pyridine rings is 1. The maximum Gasteiger partial charge on any atom is 0.320 e. The molecule has 1 aliphatic heterocycles. The molecule has 1 atom stereocenters. The van der Waals surface area contributed by atoms with Crippen LogP contribution in [0.25, 0.3) is 22.2 Å². The van der Waals surface area contributed by atoms with Crippen molar-refractivity contribution < 1.29 is 23.8 Å². The number of benzene rings is 1. The van der Waals surface area contributed by atoms with Crippen molar-refractivity contribution in [1.82, 2.24) is 20.1 Å². The molecule has 1 amide bonds. The van der Waals surface area contributed by atoms with Crippen LogP contribution in [0.3, 0.4) is 0 Å². The van der Waals surface area contributed by atoms with Gasteiger partial charge in [-0.1, -0.05) is 13.8 Å². The zero-order chi connectivity index (χ0) is 26.6. The van der Waals surface area contributed by atoms with Gasteiger partial charge in [0.15, 0.2) is 5.60 Å². The Morgan fingerprint density at radius 1 is 1.19 bits per heavy atom. The summed E-state index contributed by atoms with van der Waals surface area (Å²) in [5.74, 6) is 0.274. The number of hydrogen-bond acceptors (Lipinski definition) is 8. The van der Waals surface area contributed by atoms with Gasteiger partial charge in [-0.25, -0.2) is 4.98 Å². The summed E-state index contributed by atoms with van der Waals surface area (Å²) in [7, 11) is 1.53. The van der Waals surface area contributed by atoms with Crippen molar-refractivity contribution in [2.45, 2.75) is 45.8 Å². The molecule has 4 rings (SSSR count). The number of nitrogens with one attached hydrogen (secondary N) is 2. The summed E-state index contributed by atoms with van der Waals surface area (Å²) in [4.78, 5) is 31.8. The van der Waals surface area contributed by atoms with Crippen LogP contribution in [0.5, 0.6) is 5.88 Å². The predicted octanol–water partition coefficient (Wildman–Crippen LogP) is 3.64. The quantitative estimate of drug-likeness (QED) is 0.398. The van der Waals surface area contributed by atoms with E-state index in [0.717, 1.165) is 22.2 Å². The number of anilines is 1. The third kappa shape index (κ3) is 6.26. The van der Waals surface area contributed by atoms with Crippen LogP contribution in [-0.2, 0) is 19.1 Å². The number of hydrogen-bond donors (Lipinski definition) is 2. The molecule has 3 aromatic rings. The largest absolute Gasteiger partial charge is 0.475 e. The predicted molar refractivity (Wildman–Crippen MR) is 140 cm³/mol. The number of aromatic nitrogens is 3.